The molecule has 0 spiro atoms. The number of sulfone groups is 1. The Hall–Kier alpha value is -0.0400. The molecule has 3 nitrogen and oxygen atoms in total. The van der Waals surface area contributed by atoms with Crippen LogP contribution in [0, 0.1) is 0 Å². The first kappa shape index (κ1) is 14.4. The van der Waals surface area contributed by atoms with Gasteiger partial charge in [-0.2, -0.15) is 0 Å². The third kappa shape index (κ3) is 3.29. The van der Waals surface area contributed by atoms with Gasteiger partial charge in [-0.1, -0.05) is 39.8 Å². The zero-order valence-electron chi connectivity index (χ0n) is 9.18. The van der Waals surface area contributed by atoms with E-state index < -0.39 is 15.2 Å². The van der Waals surface area contributed by atoms with Crippen molar-refractivity contribution in [2.75, 3.05) is 11.5 Å². The number of benzene rings is 1. The molecule has 0 radical (unpaired) electrons. The summed E-state index contributed by atoms with van der Waals surface area (Å²) in [4.78, 5) is 12.1. The average molecular weight is 370 g/mol. The Bertz CT molecular complexity index is 573. The highest BCUT2D eigenvalue weighted by Gasteiger charge is 2.38. The van der Waals surface area contributed by atoms with E-state index in [1.54, 1.807) is 18.2 Å². The van der Waals surface area contributed by atoms with E-state index >= 15 is 0 Å². The highest BCUT2D eigenvalue weighted by atomic mass is 79.9. The van der Waals surface area contributed by atoms with Crippen LogP contribution in [0.4, 0.5) is 0 Å². The fraction of sp³-hybridized carbons (Fsp3) is 0.364. The molecule has 0 aliphatic carbocycles. The predicted octanol–water partition coefficient (Wildman–Crippen LogP) is 2.73. The van der Waals surface area contributed by atoms with Gasteiger partial charge < -0.3 is 0 Å². The third-order valence-electron chi connectivity index (χ3n) is 2.59. The molecule has 0 bridgehead atoms. The SMILES string of the molecule is O=C(S[C@H]1CS(=O)(=O)C[C@@H]1Cl)c1ccccc1Br. The van der Waals surface area contributed by atoms with E-state index in [0.29, 0.717) is 10.0 Å². The molecule has 2 atom stereocenters. The molecule has 1 aliphatic rings. The Labute approximate surface area is 123 Å². The van der Waals surface area contributed by atoms with Crippen molar-refractivity contribution in [1.29, 1.82) is 0 Å². The molecule has 0 amide bonds. The lowest BCUT2D eigenvalue weighted by molar-refractivity contribution is 0.108. The van der Waals surface area contributed by atoms with E-state index in [9.17, 15) is 13.2 Å². The topological polar surface area (TPSA) is 51.2 Å². The number of hydrogen-bond donors (Lipinski definition) is 0. The molecule has 1 aliphatic heterocycles. The van der Waals surface area contributed by atoms with Gasteiger partial charge in [-0.05, 0) is 12.1 Å². The average Bonchev–Trinajstić information content (AvgIpc) is 2.52. The van der Waals surface area contributed by atoms with Gasteiger partial charge in [0.05, 0.1) is 16.9 Å². The number of carbonyl (C=O) groups is 1. The van der Waals surface area contributed by atoms with E-state index in [4.69, 9.17) is 11.6 Å². The van der Waals surface area contributed by atoms with Gasteiger partial charge in [0.1, 0.15) is 0 Å². The molecule has 0 saturated carbocycles. The fourth-order valence-corrected chi connectivity index (χ4v) is 6.66. The number of thioether (sulfide) groups is 1. The van der Waals surface area contributed by atoms with Crippen LogP contribution in [0.1, 0.15) is 10.4 Å². The molecule has 18 heavy (non-hydrogen) atoms. The minimum Gasteiger partial charge on any atom is -0.282 e. The molecule has 98 valence electrons. The Morgan fingerprint density at radius 3 is 2.56 bits per heavy atom. The molecule has 1 aromatic rings. The molecule has 0 aromatic heterocycles. The van der Waals surface area contributed by atoms with Crippen molar-refractivity contribution in [3.8, 4) is 0 Å². The summed E-state index contributed by atoms with van der Waals surface area (Å²) in [5, 5.41) is -1.02. The molecular weight excluding hydrogens is 360 g/mol. The molecule has 1 heterocycles. The molecule has 1 saturated heterocycles. The second-order valence-corrected chi connectivity index (χ2v) is 8.80. The van der Waals surface area contributed by atoms with Gasteiger partial charge >= 0.3 is 0 Å². The number of rotatable bonds is 2. The second-order valence-electron chi connectivity index (χ2n) is 4.02. The lowest BCUT2D eigenvalue weighted by Gasteiger charge is -2.10. The van der Waals surface area contributed by atoms with Crippen molar-refractivity contribution < 1.29 is 13.2 Å². The fourth-order valence-electron chi connectivity index (χ4n) is 1.71. The first-order valence-electron chi connectivity index (χ1n) is 5.19. The van der Waals surface area contributed by atoms with E-state index in [1.807, 2.05) is 6.07 Å². The van der Waals surface area contributed by atoms with E-state index in [2.05, 4.69) is 15.9 Å². The summed E-state index contributed by atoms with van der Waals surface area (Å²) in [6, 6.07) is 7.06. The number of carbonyl (C=O) groups excluding carboxylic acids is 1. The highest BCUT2D eigenvalue weighted by Crippen LogP contribution is 2.32. The standard InChI is InChI=1S/C11H10BrClO3S2/c12-8-4-2-1-3-7(8)11(14)17-10-6-18(15,16)5-9(10)13/h1-4,9-10H,5-6H2/t9-,10-/m0/s1. The molecule has 1 fully saturated rings. The van der Waals surface area contributed by atoms with E-state index in [-0.39, 0.29) is 21.9 Å². The maximum absolute atomic E-state index is 12.1. The summed E-state index contributed by atoms with van der Waals surface area (Å²) < 4.78 is 23.5. The second kappa shape index (κ2) is 5.53. The van der Waals surface area contributed by atoms with Crippen molar-refractivity contribution in [3.05, 3.63) is 34.3 Å². The van der Waals surface area contributed by atoms with Crippen molar-refractivity contribution in [1.82, 2.24) is 0 Å². The van der Waals surface area contributed by atoms with Gasteiger partial charge in [0, 0.05) is 15.3 Å². The van der Waals surface area contributed by atoms with Gasteiger partial charge in [0.2, 0.25) is 5.12 Å². The van der Waals surface area contributed by atoms with Gasteiger partial charge in [-0.25, -0.2) is 8.42 Å². The van der Waals surface area contributed by atoms with Crippen LogP contribution in [-0.2, 0) is 9.84 Å². The molecule has 2 rings (SSSR count). The van der Waals surface area contributed by atoms with E-state index in [0.717, 1.165) is 11.8 Å². The van der Waals surface area contributed by atoms with Crippen LogP contribution < -0.4 is 0 Å². The van der Waals surface area contributed by atoms with Crippen LogP contribution in [0.15, 0.2) is 28.7 Å². The minimum absolute atomic E-state index is 0.0258. The monoisotopic (exact) mass is 368 g/mol. The first-order chi connectivity index (χ1) is 8.39. The molecule has 0 unspecified atom stereocenters. The van der Waals surface area contributed by atoms with Gasteiger partial charge in [-0.3, -0.25) is 4.79 Å². The van der Waals surface area contributed by atoms with Crippen LogP contribution in [-0.4, -0.2) is 35.7 Å². The molecule has 7 heteroatoms. The summed E-state index contributed by atoms with van der Waals surface area (Å²) in [6.07, 6.45) is 0. The molecule has 1 aromatic carbocycles. The summed E-state index contributed by atoms with van der Waals surface area (Å²) in [5.74, 6) is -0.0719. The smallest absolute Gasteiger partial charge is 0.220 e. The maximum Gasteiger partial charge on any atom is 0.220 e. The van der Waals surface area contributed by atoms with Gasteiger partial charge in [-0.15, -0.1) is 11.6 Å². The maximum atomic E-state index is 12.1. The van der Waals surface area contributed by atoms with Gasteiger partial charge in [0.15, 0.2) is 9.84 Å². The van der Waals surface area contributed by atoms with Crippen LogP contribution in [0.2, 0.25) is 0 Å². The minimum atomic E-state index is -3.10. The van der Waals surface area contributed by atoms with Crippen molar-refractivity contribution >= 4 is 54.2 Å². The molecular formula is C11H10BrClO3S2. The lowest BCUT2D eigenvalue weighted by Crippen LogP contribution is -2.17. The Kier molecular flexibility index (Phi) is 4.41. The van der Waals surface area contributed by atoms with Crippen molar-refractivity contribution in [3.63, 3.8) is 0 Å². The number of halogens is 2. The zero-order valence-corrected chi connectivity index (χ0v) is 13.2. The lowest BCUT2D eigenvalue weighted by atomic mass is 10.2. The number of hydrogen-bond acceptors (Lipinski definition) is 4. The Morgan fingerprint density at radius 1 is 1.33 bits per heavy atom. The Balaban J connectivity index is 2.12. The van der Waals surface area contributed by atoms with Gasteiger partial charge in [0.25, 0.3) is 0 Å². The number of alkyl halides is 1. The van der Waals surface area contributed by atoms with Crippen LogP contribution >= 0.6 is 39.3 Å². The summed E-state index contributed by atoms with van der Waals surface area (Å²) in [5.41, 5.74) is 0.538. The van der Waals surface area contributed by atoms with E-state index in [1.165, 1.54) is 0 Å². The summed E-state index contributed by atoms with van der Waals surface area (Å²) in [6.45, 7) is 0. The molecule has 0 N–H and O–H groups in total. The van der Waals surface area contributed by atoms with Crippen molar-refractivity contribution in [2.45, 2.75) is 10.6 Å². The Morgan fingerprint density at radius 2 is 2.00 bits per heavy atom. The van der Waals surface area contributed by atoms with Crippen LogP contribution in [0.3, 0.4) is 0 Å². The normalized spacial score (nSPS) is 26.1. The van der Waals surface area contributed by atoms with Crippen molar-refractivity contribution in [2.24, 2.45) is 0 Å². The summed E-state index contributed by atoms with van der Waals surface area (Å²) >= 11 is 10.3. The predicted molar refractivity (Wildman–Crippen MR) is 78.1 cm³/mol. The largest absolute Gasteiger partial charge is 0.282 e. The van der Waals surface area contributed by atoms with Crippen LogP contribution in [0.25, 0.3) is 0 Å². The first-order valence-corrected chi connectivity index (χ1v) is 9.12. The third-order valence-corrected chi connectivity index (χ3v) is 7.25. The van der Waals surface area contributed by atoms with Crippen LogP contribution in [0.5, 0.6) is 0 Å². The summed E-state index contributed by atoms with van der Waals surface area (Å²) in [7, 11) is -3.10. The highest BCUT2D eigenvalue weighted by molar-refractivity contribution is 9.10. The zero-order chi connectivity index (χ0) is 13.3. The quantitative estimate of drug-likeness (QED) is 0.752.